The lowest BCUT2D eigenvalue weighted by Gasteiger charge is -1.93. The molecule has 2 N–H and O–H groups in total. The molecule has 0 aliphatic carbocycles. The van der Waals surface area contributed by atoms with Gasteiger partial charge in [-0.3, -0.25) is 9.59 Å². The molecular weight excluding hydrogens is 194 g/mol. The van der Waals surface area contributed by atoms with Gasteiger partial charge in [0.2, 0.25) is 5.91 Å². The van der Waals surface area contributed by atoms with Gasteiger partial charge in [0.1, 0.15) is 0 Å². The van der Waals surface area contributed by atoms with Crippen molar-refractivity contribution in [3.05, 3.63) is 11.6 Å². The Morgan fingerprint density at radius 2 is 2.13 bits per heavy atom. The molecule has 1 heterocycles. The van der Waals surface area contributed by atoms with Crippen LogP contribution in [0, 0.1) is 0 Å². The summed E-state index contributed by atoms with van der Waals surface area (Å²) in [5.41, 5.74) is 1.24. The van der Waals surface area contributed by atoms with E-state index in [2.05, 4.69) is 12.2 Å². The predicted octanol–water partition coefficient (Wildman–Crippen LogP) is 1.71. The standard InChI is InChI=1S/C7H11NO.C4H8O2/c1-2-3-6-4-7(9)8-5-6;1-2-3-4(5)6/h4H,2-3,5H2,1H3,(H,8,9);2-3H2,1H3,(H,5,6). The molecule has 4 heteroatoms. The Hall–Kier alpha value is -1.32. The highest BCUT2D eigenvalue weighted by atomic mass is 16.4. The summed E-state index contributed by atoms with van der Waals surface area (Å²) in [5, 5.41) is 10.6. The first-order valence-electron chi connectivity index (χ1n) is 5.29. The number of carbonyl (C=O) groups is 2. The number of carboxylic acid groups (broad SMARTS) is 1. The summed E-state index contributed by atoms with van der Waals surface area (Å²) in [4.78, 5) is 20.1. The Morgan fingerprint density at radius 3 is 2.40 bits per heavy atom. The maximum absolute atomic E-state index is 10.5. The van der Waals surface area contributed by atoms with Crippen LogP contribution in [0.2, 0.25) is 0 Å². The summed E-state index contributed by atoms with van der Waals surface area (Å²) in [7, 11) is 0. The molecule has 0 saturated heterocycles. The maximum Gasteiger partial charge on any atom is 0.303 e. The second kappa shape index (κ2) is 8.03. The van der Waals surface area contributed by atoms with Crippen molar-refractivity contribution in [1.82, 2.24) is 5.32 Å². The molecule has 0 atom stereocenters. The van der Waals surface area contributed by atoms with E-state index in [1.807, 2.05) is 6.92 Å². The molecule has 0 radical (unpaired) electrons. The van der Waals surface area contributed by atoms with Crippen LogP contribution in [-0.4, -0.2) is 23.5 Å². The van der Waals surface area contributed by atoms with E-state index in [9.17, 15) is 9.59 Å². The average molecular weight is 213 g/mol. The zero-order valence-electron chi connectivity index (χ0n) is 9.38. The molecule has 86 valence electrons. The quantitative estimate of drug-likeness (QED) is 0.747. The van der Waals surface area contributed by atoms with Crippen LogP contribution in [0.15, 0.2) is 11.6 Å². The lowest BCUT2D eigenvalue weighted by Crippen LogP contribution is -2.14. The number of carboxylic acids is 1. The average Bonchev–Trinajstić information content (AvgIpc) is 2.53. The number of nitrogens with one attached hydrogen (secondary N) is 1. The summed E-state index contributed by atoms with van der Waals surface area (Å²) >= 11 is 0. The van der Waals surface area contributed by atoms with E-state index in [-0.39, 0.29) is 5.91 Å². The monoisotopic (exact) mass is 213 g/mol. The van der Waals surface area contributed by atoms with E-state index in [1.54, 1.807) is 6.08 Å². The largest absolute Gasteiger partial charge is 0.481 e. The van der Waals surface area contributed by atoms with Gasteiger partial charge in [0.15, 0.2) is 0 Å². The van der Waals surface area contributed by atoms with E-state index in [0.29, 0.717) is 6.42 Å². The molecule has 0 unspecified atom stereocenters. The van der Waals surface area contributed by atoms with Crippen molar-refractivity contribution in [3.63, 3.8) is 0 Å². The van der Waals surface area contributed by atoms with Gasteiger partial charge in [0.25, 0.3) is 0 Å². The van der Waals surface area contributed by atoms with E-state index in [4.69, 9.17) is 5.11 Å². The molecule has 0 bridgehead atoms. The van der Waals surface area contributed by atoms with Crippen LogP contribution >= 0.6 is 0 Å². The third-order valence-electron chi connectivity index (χ3n) is 1.86. The van der Waals surface area contributed by atoms with Gasteiger partial charge in [-0.05, 0) is 18.4 Å². The van der Waals surface area contributed by atoms with Gasteiger partial charge in [-0.25, -0.2) is 0 Å². The van der Waals surface area contributed by atoms with Crippen LogP contribution < -0.4 is 5.32 Å². The van der Waals surface area contributed by atoms with Gasteiger partial charge >= 0.3 is 5.97 Å². The molecule has 1 rings (SSSR count). The summed E-state index contributed by atoms with van der Waals surface area (Å²) in [6.07, 6.45) is 4.90. The number of aliphatic carboxylic acids is 1. The number of amides is 1. The van der Waals surface area contributed by atoms with E-state index in [0.717, 1.165) is 25.8 Å². The van der Waals surface area contributed by atoms with E-state index in [1.165, 1.54) is 5.57 Å². The molecule has 0 spiro atoms. The number of hydrogen-bond donors (Lipinski definition) is 2. The first kappa shape index (κ1) is 13.7. The van der Waals surface area contributed by atoms with Crippen molar-refractivity contribution >= 4 is 11.9 Å². The first-order chi connectivity index (χ1) is 7.10. The summed E-state index contributed by atoms with van der Waals surface area (Å²) in [6, 6.07) is 0. The summed E-state index contributed by atoms with van der Waals surface area (Å²) < 4.78 is 0. The van der Waals surface area contributed by atoms with Crippen molar-refractivity contribution in [1.29, 1.82) is 0 Å². The molecule has 1 aliphatic rings. The molecule has 15 heavy (non-hydrogen) atoms. The topological polar surface area (TPSA) is 66.4 Å². The highest BCUT2D eigenvalue weighted by Gasteiger charge is 2.07. The van der Waals surface area contributed by atoms with Crippen LogP contribution in [0.3, 0.4) is 0 Å². The van der Waals surface area contributed by atoms with Gasteiger partial charge < -0.3 is 10.4 Å². The van der Waals surface area contributed by atoms with Crippen LogP contribution in [0.25, 0.3) is 0 Å². The predicted molar refractivity (Wildman–Crippen MR) is 58.5 cm³/mol. The van der Waals surface area contributed by atoms with E-state index < -0.39 is 5.97 Å². The minimum Gasteiger partial charge on any atom is -0.481 e. The smallest absolute Gasteiger partial charge is 0.303 e. The van der Waals surface area contributed by atoms with Crippen LogP contribution in [0.4, 0.5) is 0 Å². The van der Waals surface area contributed by atoms with Gasteiger partial charge in [0, 0.05) is 19.0 Å². The molecule has 1 amide bonds. The zero-order chi connectivity index (χ0) is 11.7. The number of rotatable bonds is 4. The van der Waals surface area contributed by atoms with Crippen molar-refractivity contribution < 1.29 is 14.7 Å². The van der Waals surface area contributed by atoms with Crippen LogP contribution in [0.1, 0.15) is 39.5 Å². The molecular formula is C11H19NO3. The molecule has 0 aromatic carbocycles. The highest BCUT2D eigenvalue weighted by Crippen LogP contribution is 2.06. The molecule has 1 aliphatic heterocycles. The van der Waals surface area contributed by atoms with Gasteiger partial charge in [-0.15, -0.1) is 0 Å². The number of carbonyl (C=O) groups excluding carboxylic acids is 1. The molecule has 4 nitrogen and oxygen atoms in total. The highest BCUT2D eigenvalue weighted by molar-refractivity contribution is 5.90. The lowest BCUT2D eigenvalue weighted by molar-refractivity contribution is -0.137. The minimum absolute atomic E-state index is 0.0680. The summed E-state index contributed by atoms with van der Waals surface area (Å²) in [5.74, 6) is -0.643. The van der Waals surface area contributed by atoms with Crippen molar-refractivity contribution in [2.75, 3.05) is 6.54 Å². The summed E-state index contributed by atoms with van der Waals surface area (Å²) in [6.45, 7) is 4.73. The maximum atomic E-state index is 10.5. The molecule has 0 aromatic rings. The SMILES string of the molecule is CCCC(=O)O.CCCC1=CC(=O)NC1. The fourth-order valence-corrected chi connectivity index (χ4v) is 1.18. The van der Waals surface area contributed by atoms with Gasteiger partial charge in [-0.1, -0.05) is 20.3 Å². The first-order valence-corrected chi connectivity index (χ1v) is 5.29. The molecule has 0 fully saturated rings. The Kier molecular flexibility index (Phi) is 7.32. The van der Waals surface area contributed by atoms with Gasteiger partial charge in [-0.2, -0.15) is 0 Å². The molecule has 0 saturated carbocycles. The second-order valence-corrected chi connectivity index (χ2v) is 3.41. The normalized spacial score (nSPS) is 13.7. The molecule has 0 aromatic heterocycles. The van der Waals surface area contributed by atoms with Crippen molar-refractivity contribution in [2.24, 2.45) is 0 Å². The zero-order valence-corrected chi connectivity index (χ0v) is 9.38. The van der Waals surface area contributed by atoms with Gasteiger partial charge in [0.05, 0.1) is 0 Å². The minimum atomic E-state index is -0.711. The lowest BCUT2D eigenvalue weighted by atomic mass is 10.2. The van der Waals surface area contributed by atoms with Crippen LogP contribution in [0.5, 0.6) is 0 Å². The van der Waals surface area contributed by atoms with Crippen molar-refractivity contribution in [2.45, 2.75) is 39.5 Å². The number of hydrogen-bond acceptors (Lipinski definition) is 2. The fraction of sp³-hybridized carbons (Fsp3) is 0.636. The van der Waals surface area contributed by atoms with E-state index >= 15 is 0 Å². The third kappa shape index (κ3) is 7.73. The van der Waals surface area contributed by atoms with Crippen molar-refractivity contribution in [3.8, 4) is 0 Å². The third-order valence-corrected chi connectivity index (χ3v) is 1.86. The second-order valence-electron chi connectivity index (χ2n) is 3.41. The Bertz CT molecular complexity index is 246. The Labute approximate surface area is 90.4 Å². The fourth-order valence-electron chi connectivity index (χ4n) is 1.18. The Morgan fingerprint density at radius 1 is 1.47 bits per heavy atom. The van der Waals surface area contributed by atoms with Crippen LogP contribution in [-0.2, 0) is 9.59 Å². The Balaban J connectivity index is 0.000000288.